The van der Waals surface area contributed by atoms with Gasteiger partial charge >= 0.3 is 0 Å². The van der Waals surface area contributed by atoms with Gasteiger partial charge in [-0.1, -0.05) is 6.42 Å². The highest BCUT2D eigenvalue weighted by Crippen LogP contribution is 2.32. The second kappa shape index (κ2) is 2.30. The Morgan fingerprint density at radius 2 is 2.33 bits per heavy atom. The summed E-state index contributed by atoms with van der Waals surface area (Å²) in [5.41, 5.74) is 0. The van der Waals surface area contributed by atoms with E-state index in [2.05, 4.69) is 6.42 Å². The van der Waals surface area contributed by atoms with Crippen molar-refractivity contribution in [1.82, 2.24) is 0 Å². The molecule has 2 fully saturated rings. The third kappa shape index (κ3) is 0.983. The van der Waals surface area contributed by atoms with Crippen molar-refractivity contribution in [3.05, 3.63) is 6.42 Å². The van der Waals surface area contributed by atoms with Crippen molar-refractivity contribution >= 4 is 0 Å². The molecule has 1 heteroatoms. The predicted molar refractivity (Wildman–Crippen MR) is 36.0 cm³/mol. The van der Waals surface area contributed by atoms with Crippen LogP contribution in [0.2, 0.25) is 0 Å². The second-order valence-corrected chi connectivity index (χ2v) is 3.03. The maximum atomic E-state index is 5.53. The van der Waals surface area contributed by atoms with Crippen LogP contribution in [0, 0.1) is 12.3 Å². The largest absolute Gasteiger partial charge is 0.378 e. The number of hydrogen-bond acceptors (Lipinski definition) is 1. The molecule has 1 saturated heterocycles. The molecule has 2 atom stereocenters. The van der Waals surface area contributed by atoms with Crippen LogP contribution < -0.4 is 0 Å². The van der Waals surface area contributed by atoms with Gasteiger partial charge in [-0.2, -0.15) is 0 Å². The smallest absolute Gasteiger partial charge is 0.0606 e. The molecule has 0 N–H and O–H groups in total. The highest BCUT2D eigenvalue weighted by molar-refractivity contribution is 4.90. The Bertz CT molecular complexity index is 88.7. The minimum absolute atomic E-state index is 0.610. The summed E-state index contributed by atoms with van der Waals surface area (Å²) in [7, 11) is 0. The molecule has 0 aromatic carbocycles. The fourth-order valence-corrected chi connectivity index (χ4v) is 1.88. The highest BCUT2D eigenvalue weighted by Gasteiger charge is 2.30. The van der Waals surface area contributed by atoms with Gasteiger partial charge in [-0.15, -0.1) is 0 Å². The third-order valence-electron chi connectivity index (χ3n) is 2.42. The second-order valence-electron chi connectivity index (χ2n) is 3.03. The maximum absolute atomic E-state index is 5.53. The van der Waals surface area contributed by atoms with Crippen molar-refractivity contribution in [2.75, 3.05) is 6.61 Å². The van der Waals surface area contributed by atoms with Crippen molar-refractivity contribution in [2.45, 2.75) is 31.8 Å². The maximum Gasteiger partial charge on any atom is 0.0606 e. The van der Waals surface area contributed by atoms with Gasteiger partial charge in [0.1, 0.15) is 0 Å². The summed E-state index contributed by atoms with van der Waals surface area (Å²) in [6.45, 7) is 1.01. The van der Waals surface area contributed by atoms with Gasteiger partial charge in [-0.05, 0) is 31.6 Å². The minimum atomic E-state index is 0.610. The Morgan fingerprint density at radius 1 is 1.33 bits per heavy atom. The first-order valence-electron chi connectivity index (χ1n) is 3.92. The first kappa shape index (κ1) is 5.72. The zero-order valence-corrected chi connectivity index (χ0v) is 5.68. The van der Waals surface area contributed by atoms with E-state index in [9.17, 15) is 0 Å². The normalized spacial score (nSPS) is 42.7. The van der Waals surface area contributed by atoms with Crippen molar-refractivity contribution < 1.29 is 4.74 Å². The standard InChI is InChI=1S/C8H13O/c1-2-4-8-7(3-1)5-6-9-8/h3,7-8H,1-2,4-6H2/t7-,8-/m1/s1. The number of rotatable bonds is 0. The summed E-state index contributed by atoms with van der Waals surface area (Å²) in [5, 5.41) is 0. The minimum Gasteiger partial charge on any atom is -0.378 e. The van der Waals surface area contributed by atoms with Crippen LogP contribution in [0.4, 0.5) is 0 Å². The molecule has 1 heterocycles. The molecule has 1 aliphatic carbocycles. The van der Waals surface area contributed by atoms with Gasteiger partial charge in [0.25, 0.3) is 0 Å². The molecule has 0 spiro atoms. The van der Waals surface area contributed by atoms with Crippen LogP contribution in [-0.4, -0.2) is 12.7 Å². The van der Waals surface area contributed by atoms with Crippen molar-refractivity contribution in [1.29, 1.82) is 0 Å². The Hall–Kier alpha value is -0.0400. The van der Waals surface area contributed by atoms with E-state index in [1.807, 2.05) is 0 Å². The zero-order chi connectivity index (χ0) is 6.10. The van der Waals surface area contributed by atoms with Gasteiger partial charge in [-0.3, -0.25) is 0 Å². The van der Waals surface area contributed by atoms with Crippen LogP contribution in [0.15, 0.2) is 0 Å². The molecule has 1 aliphatic heterocycles. The van der Waals surface area contributed by atoms with E-state index < -0.39 is 0 Å². The van der Waals surface area contributed by atoms with Crippen LogP contribution in [0.5, 0.6) is 0 Å². The van der Waals surface area contributed by atoms with E-state index in [1.165, 1.54) is 25.7 Å². The van der Waals surface area contributed by atoms with E-state index in [4.69, 9.17) is 4.74 Å². The topological polar surface area (TPSA) is 9.23 Å². The quantitative estimate of drug-likeness (QED) is 0.479. The Balaban J connectivity index is 1.97. The lowest BCUT2D eigenvalue weighted by atomic mass is 9.86. The lowest BCUT2D eigenvalue weighted by Gasteiger charge is -2.22. The SMILES string of the molecule is [CH]1CCC[C@H]2OCC[C@@H]12. The molecule has 1 radical (unpaired) electrons. The van der Waals surface area contributed by atoms with Gasteiger partial charge in [0, 0.05) is 6.61 Å². The predicted octanol–water partition coefficient (Wildman–Crippen LogP) is 1.78. The number of fused-ring (bicyclic) bond motifs is 1. The third-order valence-corrected chi connectivity index (χ3v) is 2.42. The van der Waals surface area contributed by atoms with Gasteiger partial charge < -0.3 is 4.74 Å². The summed E-state index contributed by atoms with van der Waals surface area (Å²) in [5.74, 6) is 0.818. The Labute approximate surface area is 56.4 Å². The van der Waals surface area contributed by atoms with Crippen LogP contribution >= 0.6 is 0 Å². The van der Waals surface area contributed by atoms with Gasteiger partial charge in [0.15, 0.2) is 0 Å². The fraction of sp³-hybridized carbons (Fsp3) is 0.875. The van der Waals surface area contributed by atoms with E-state index in [1.54, 1.807) is 0 Å². The molecule has 51 valence electrons. The molecule has 1 nitrogen and oxygen atoms in total. The Kier molecular flexibility index (Phi) is 1.46. The van der Waals surface area contributed by atoms with Crippen LogP contribution in [0.3, 0.4) is 0 Å². The molecule has 1 saturated carbocycles. The average Bonchev–Trinajstić information content (AvgIpc) is 2.33. The summed E-state index contributed by atoms with van der Waals surface area (Å²) in [6, 6.07) is 0. The zero-order valence-electron chi connectivity index (χ0n) is 5.68. The molecule has 0 bridgehead atoms. The van der Waals surface area contributed by atoms with Crippen LogP contribution in [-0.2, 0) is 4.74 Å². The number of ether oxygens (including phenoxy) is 1. The summed E-state index contributed by atoms with van der Waals surface area (Å²) in [4.78, 5) is 0. The molecular weight excluding hydrogens is 112 g/mol. The molecule has 9 heavy (non-hydrogen) atoms. The average molecular weight is 125 g/mol. The molecule has 0 amide bonds. The lowest BCUT2D eigenvalue weighted by molar-refractivity contribution is 0.0789. The van der Waals surface area contributed by atoms with Gasteiger partial charge in [-0.25, -0.2) is 0 Å². The van der Waals surface area contributed by atoms with Crippen molar-refractivity contribution in [3.63, 3.8) is 0 Å². The van der Waals surface area contributed by atoms with Gasteiger partial charge in [0.2, 0.25) is 0 Å². The molecule has 2 aliphatic rings. The summed E-state index contributed by atoms with van der Waals surface area (Å²) < 4.78 is 5.53. The first-order chi connectivity index (χ1) is 4.47. The molecular formula is C8H13O. The van der Waals surface area contributed by atoms with E-state index in [0.29, 0.717) is 6.10 Å². The fourth-order valence-electron chi connectivity index (χ4n) is 1.88. The van der Waals surface area contributed by atoms with E-state index >= 15 is 0 Å². The van der Waals surface area contributed by atoms with Crippen LogP contribution in [0.1, 0.15) is 25.7 Å². The summed E-state index contributed by atoms with van der Waals surface area (Å²) >= 11 is 0. The molecule has 2 rings (SSSR count). The number of hydrogen-bond donors (Lipinski definition) is 0. The van der Waals surface area contributed by atoms with E-state index in [0.717, 1.165) is 12.5 Å². The first-order valence-corrected chi connectivity index (χ1v) is 3.92. The Morgan fingerprint density at radius 3 is 3.22 bits per heavy atom. The highest BCUT2D eigenvalue weighted by atomic mass is 16.5. The molecule has 0 aromatic heterocycles. The van der Waals surface area contributed by atoms with E-state index in [-0.39, 0.29) is 0 Å². The van der Waals surface area contributed by atoms with Gasteiger partial charge in [0.05, 0.1) is 6.10 Å². The van der Waals surface area contributed by atoms with Crippen molar-refractivity contribution in [3.8, 4) is 0 Å². The lowest BCUT2D eigenvalue weighted by Crippen LogP contribution is -2.20. The molecule has 0 aromatic rings. The monoisotopic (exact) mass is 125 g/mol. The van der Waals surface area contributed by atoms with Crippen LogP contribution in [0.25, 0.3) is 0 Å². The molecule has 0 unspecified atom stereocenters. The van der Waals surface area contributed by atoms with Crippen molar-refractivity contribution in [2.24, 2.45) is 5.92 Å². The summed E-state index contributed by atoms with van der Waals surface area (Å²) in [6.07, 6.45) is 8.32.